The van der Waals surface area contributed by atoms with Crippen molar-refractivity contribution in [3.8, 4) is 0 Å². The van der Waals surface area contributed by atoms with Gasteiger partial charge in [0.1, 0.15) is 0 Å². The first kappa shape index (κ1) is 15.6. The Hall–Kier alpha value is -1.79. The minimum absolute atomic E-state index is 0.00386. The topological polar surface area (TPSA) is 64.7 Å². The number of amides is 3. The zero-order chi connectivity index (χ0) is 15.2. The largest absolute Gasteiger partial charge is 0.339 e. The van der Waals surface area contributed by atoms with Crippen LogP contribution in [0.15, 0.2) is 24.3 Å². The number of carbonyl (C=O) groups excluding carboxylic acids is 2. The Morgan fingerprint density at radius 1 is 1.24 bits per heavy atom. The van der Waals surface area contributed by atoms with Crippen molar-refractivity contribution in [1.29, 1.82) is 0 Å². The van der Waals surface area contributed by atoms with E-state index in [1.165, 1.54) is 0 Å². The Morgan fingerprint density at radius 3 is 2.62 bits per heavy atom. The molecule has 0 aromatic heterocycles. The standard InChI is InChI=1S/C14H19ClN4O2/c1-18-5-7-19(8-6-18)13(20)10-16-14(21)17-12-4-2-3-11(15)9-12/h2-4,9H,5-8,10H2,1H3,(H2,16,17,21). The van der Waals surface area contributed by atoms with Crippen LogP contribution in [0, 0.1) is 0 Å². The fourth-order valence-electron chi connectivity index (χ4n) is 2.07. The summed E-state index contributed by atoms with van der Waals surface area (Å²) in [5.74, 6) is -0.0654. The van der Waals surface area contributed by atoms with Crippen LogP contribution >= 0.6 is 11.6 Å². The van der Waals surface area contributed by atoms with E-state index in [1.807, 2.05) is 7.05 Å². The SMILES string of the molecule is CN1CCN(C(=O)CNC(=O)Nc2cccc(Cl)c2)CC1. The van der Waals surface area contributed by atoms with E-state index in [0.29, 0.717) is 23.8 Å². The van der Waals surface area contributed by atoms with Gasteiger partial charge in [-0.05, 0) is 25.2 Å². The minimum Gasteiger partial charge on any atom is -0.339 e. The molecule has 3 amide bonds. The van der Waals surface area contributed by atoms with Gasteiger partial charge in [0.05, 0.1) is 6.54 Å². The molecule has 0 bridgehead atoms. The molecule has 1 fully saturated rings. The number of hydrogen-bond acceptors (Lipinski definition) is 3. The summed E-state index contributed by atoms with van der Waals surface area (Å²) in [5.41, 5.74) is 0.590. The average molecular weight is 311 g/mol. The van der Waals surface area contributed by atoms with Crippen LogP contribution in [0.4, 0.5) is 10.5 Å². The Labute approximate surface area is 129 Å². The number of nitrogens with one attached hydrogen (secondary N) is 2. The van der Waals surface area contributed by atoms with Crippen LogP contribution in [0.2, 0.25) is 5.02 Å². The number of urea groups is 1. The summed E-state index contributed by atoms with van der Waals surface area (Å²) in [6, 6.07) is 6.42. The van der Waals surface area contributed by atoms with Crippen LogP contribution in [0.5, 0.6) is 0 Å². The van der Waals surface area contributed by atoms with Gasteiger partial charge in [-0.2, -0.15) is 0 Å². The van der Waals surface area contributed by atoms with Crippen molar-refractivity contribution in [2.45, 2.75) is 0 Å². The van der Waals surface area contributed by atoms with Crippen molar-refractivity contribution in [2.24, 2.45) is 0 Å². The predicted octanol–water partition coefficient (Wildman–Crippen LogP) is 1.24. The van der Waals surface area contributed by atoms with Crippen molar-refractivity contribution in [1.82, 2.24) is 15.1 Å². The molecule has 0 atom stereocenters. The second-order valence-electron chi connectivity index (χ2n) is 5.00. The fourth-order valence-corrected chi connectivity index (χ4v) is 2.26. The highest BCUT2D eigenvalue weighted by atomic mass is 35.5. The van der Waals surface area contributed by atoms with Crippen molar-refractivity contribution in [2.75, 3.05) is 45.1 Å². The van der Waals surface area contributed by atoms with Gasteiger partial charge in [0.15, 0.2) is 0 Å². The second kappa shape index (κ2) is 7.28. The number of halogens is 1. The maximum absolute atomic E-state index is 12.0. The Kier molecular flexibility index (Phi) is 5.41. The molecule has 6 nitrogen and oxygen atoms in total. The normalized spacial score (nSPS) is 15.6. The lowest BCUT2D eigenvalue weighted by molar-refractivity contribution is -0.131. The lowest BCUT2D eigenvalue weighted by Gasteiger charge is -2.32. The summed E-state index contributed by atoms with van der Waals surface area (Å²) in [6.45, 7) is 3.12. The van der Waals surface area contributed by atoms with Gasteiger partial charge in [-0.25, -0.2) is 4.79 Å². The molecule has 1 heterocycles. The van der Waals surface area contributed by atoms with Crippen LogP contribution < -0.4 is 10.6 Å². The van der Waals surface area contributed by atoms with Gasteiger partial charge in [-0.3, -0.25) is 4.79 Å². The molecule has 1 saturated heterocycles. The number of carbonyl (C=O) groups is 2. The summed E-state index contributed by atoms with van der Waals surface area (Å²) in [6.07, 6.45) is 0. The summed E-state index contributed by atoms with van der Waals surface area (Å²) in [4.78, 5) is 27.6. The maximum atomic E-state index is 12.0. The Balaban J connectivity index is 1.75. The van der Waals surface area contributed by atoms with E-state index in [-0.39, 0.29) is 12.5 Å². The molecule has 1 aromatic rings. The molecular weight excluding hydrogens is 292 g/mol. The maximum Gasteiger partial charge on any atom is 0.319 e. The minimum atomic E-state index is -0.417. The molecule has 2 N–H and O–H groups in total. The molecule has 2 rings (SSSR count). The third kappa shape index (κ3) is 4.91. The summed E-state index contributed by atoms with van der Waals surface area (Å²) < 4.78 is 0. The number of nitrogens with zero attached hydrogens (tertiary/aromatic N) is 2. The molecule has 1 aliphatic rings. The highest BCUT2D eigenvalue weighted by molar-refractivity contribution is 6.30. The van der Waals surface area contributed by atoms with Gasteiger partial charge in [0.2, 0.25) is 5.91 Å². The molecule has 1 aliphatic heterocycles. The first-order valence-electron chi connectivity index (χ1n) is 6.81. The van der Waals surface area contributed by atoms with Gasteiger partial charge >= 0.3 is 6.03 Å². The number of anilines is 1. The lowest BCUT2D eigenvalue weighted by atomic mass is 10.3. The average Bonchev–Trinajstić information content (AvgIpc) is 2.45. The van der Waals surface area contributed by atoms with Gasteiger partial charge in [-0.1, -0.05) is 17.7 Å². The van der Waals surface area contributed by atoms with Crippen LogP contribution in [0.1, 0.15) is 0 Å². The molecule has 0 radical (unpaired) electrons. The highest BCUT2D eigenvalue weighted by Gasteiger charge is 2.19. The van der Waals surface area contributed by atoms with E-state index in [9.17, 15) is 9.59 Å². The molecule has 21 heavy (non-hydrogen) atoms. The molecule has 0 unspecified atom stereocenters. The van der Waals surface area contributed by atoms with Crippen LogP contribution in [-0.4, -0.2) is 61.5 Å². The lowest BCUT2D eigenvalue weighted by Crippen LogP contribution is -2.50. The third-order valence-electron chi connectivity index (χ3n) is 3.34. The smallest absolute Gasteiger partial charge is 0.319 e. The summed E-state index contributed by atoms with van der Waals surface area (Å²) in [5, 5.41) is 5.74. The van der Waals surface area contributed by atoms with Crippen LogP contribution in [0.3, 0.4) is 0 Å². The molecular formula is C14H19ClN4O2. The molecule has 7 heteroatoms. The van der Waals surface area contributed by atoms with E-state index in [1.54, 1.807) is 29.2 Å². The first-order chi connectivity index (χ1) is 10.0. The zero-order valence-electron chi connectivity index (χ0n) is 11.9. The molecule has 114 valence electrons. The summed E-state index contributed by atoms with van der Waals surface area (Å²) >= 11 is 5.83. The molecule has 0 saturated carbocycles. The van der Waals surface area contributed by atoms with Gasteiger partial charge in [0.25, 0.3) is 0 Å². The monoisotopic (exact) mass is 310 g/mol. The van der Waals surface area contributed by atoms with Crippen LogP contribution in [-0.2, 0) is 4.79 Å². The zero-order valence-corrected chi connectivity index (χ0v) is 12.7. The Morgan fingerprint density at radius 2 is 1.95 bits per heavy atom. The van der Waals surface area contributed by atoms with E-state index in [4.69, 9.17) is 11.6 Å². The van der Waals surface area contributed by atoms with E-state index >= 15 is 0 Å². The van der Waals surface area contributed by atoms with Gasteiger partial charge < -0.3 is 20.4 Å². The quantitative estimate of drug-likeness (QED) is 0.883. The van der Waals surface area contributed by atoms with E-state index < -0.39 is 6.03 Å². The van der Waals surface area contributed by atoms with Crippen molar-refractivity contribution < 1.29 is 9.59 Å². The first-order valence-corrected chi connectivity index (χ1v) is 7.19. The third-order valence-corrected chi connectivity index (χ3v) is 3.57. The predicted molar refractivity (Wildman–Crippen MR) is 82.6 cm³/mol. The van der Waals surface area contributed by atoms with Crippen molar-refractivity contribution >= 4 is 29.2 Å². The van der Waals surface area contributed by atoms with Crippen molar-refractivity contribution in [3.05, 3.63) is 29.3 Å². The van der Waals surface area contributed by atoms with Gasteiger partial charge in [0, 0.05) is 36.9 Å². The molecule has 0 aliphatic carbocycles. The second-order valence-corrected chi connectivity index (χ2v) is 5.44. The number of hydrogen-bond donors (Lipinski definition) is 2. The number of rotatable bonds is 3. The summed E-state index contributed by atoms with van der Waals surface area (Å²) in [7, 11) is 2.03. The van der Waals surface area contributed by atoms with Crippen LogP contribution in [0.25, 0.3) is 0 Å². The van der Waals surface area contributed by atoms with E-state index in [2.05, 4.69) is 15.5 Å². The highest BCUT2D eigenvalue weighted by Crippen LogP contribution is 2.14. The molecule has 0 spiro atoms. The molecule has 1 aromatic carbocycles. The number of piperazine rings is 1. The van der Waals surface area contributed by atoms with Crippen molar-refractivity contribution in [3.63, 3.8) is 0 Å². The Bertz CT molecular complexity index is 515. The van der Waals surface area contributed by atoms with E-state index in [0.717, 1.165) is 13.1 Å². The number of benzene rings is 1. The fraction of sp³-hybridized carbons (Fsp3) is 0.429. The number of likely N-dealkylation sites (N-methyl/N-ethyl adjacent to an activating group) is 1. The van der Waals surface area contributed by atoms with Gasteiger partial charge in [-0.15, -0.1) is 0 Å².